The highest BCUT2D eigenvalue weighted by molar-refractivity contribution is 7.93. The van der Waals surface area contributed by atoms with Crippen molar-refractivity contribution in [1.82, 2.24) is 4.98 Å². The normalized spacial score (nSPS) is 11.0. The average molecular weight is 354 g/mol. The van der Waals surface area contributed by atoms with Crippen molar-refractivity contribution in [2.45, 2.75) is 17.7 Å². The second-order valence-corrected chi connectivity index (χ2v) is 7.06. The SMILES string of the molecule is NC(=O)CCC(=O)Nc1ccc(S(=O)(=O)Nc2nccs2)cc1. The highest BCUT2D eigenvalue weighted by Crippen LogP contribution is 2.19. The Bertz CT molecular complexity index is 786. The maximum Gasteiger partial charge on any atom is 0.263 e. The highest BCUT2D eigenvalue weighted by Gasteiger charge is 2.15. The summed E-state index contributed by atoms with van der Waals surface area (Å²) < 4.78 is 26.6. The van der Waals surface area contributed by atoms with Gasteiger partial charge in [0.15, 0.2) is 5.13 Å². The molecule has 1 aromatic heterocycles. The Morgan fingerprint density at radius 1 is 1.17 bits per heavy atom. The van der Waals surface area contributed by atoms with Crippen molar-refractivity contribution in [3.63, 3.8) is 0 Å². The lowest BCUT2D eigenvalue weighted by atomic mass is 10.2. The molecule has 1 heterocycles. The molecule has 0 bridgehead atoms. The van der Waals surface area contributed by atoms with Gasteiger partial charge in [-0.2, -0.15) is 0 Å². The Balaban J connectivity index is 2.01. The van der Waals surface area contributed by atoms with Gasteiger partial charge in [0.2, 0.25) is 11.8 Å². The van der Waals surface area contributed by atoms with Crippen molar-refractivity contribution < 1.29 is 18.0 Å². The minimum Gasteiger partial charge on any atom is -0.370 e. The fourth-order valence-electron chi connectivity index (χ4n) is 1.63. The summed E-state index contributed by atoms with van der Waals surface area (Å²) in [5, 5.41) is 4.48. The monoisotopic (exact) mass is 354 g/mol. The van der Waals surface area contributed by atoms with Gasteiger partial charge in [-0.1, -0.05) is 0 Å². The molecule has 0 atom stereocenters. The van der Waals surface area contributed by atoms with Gasteiger partial charge in [0.05, 0.1) is 4.90 Å². The predicted molar refractivity (Wildman–Crippen MR) is 86.4 cm³/mol. The molecule has 122 valence electrons. The van der Waals surface area contributed by atoms with Crippen molar-refractivity contribution in [3.8, 4) is 0 Å². The van der Waals surface area contributed by atoms with Gasteiger partial charge in [-0.15, -0.1) is 11.3 Å². The number of nitrogens with two attached hydrogens (primary N) is 1. The first-order valence-corrected chi connectivity index (χ1v) is 8.83. The van der Waals surface area contributed by atoms with Gasteiger partial charge >= 0.3 is 0 Å². The molecule has 0 radical (unpaired) electrons. The number of amides is 2. The molecule has 0 saturated carbocycles. The number of primary amides is 1. The van der Waals surface area contributed by atoms with Crippen LogP contribution in [0.15, 0.2) is 40.7 Å². The smallest absolute Gasteiger partial charge is 0.263 e. The number of nitrogens with one attached hydrogen (secondary N) is 2. The number of thiazole rings is 1. The van der Waals surface area contributed by atoms with E-state index in [1.165, 1.54) is 41.8 Å². The maximum atomic E-state index is 12.1. The standard InChI is InChI=1S/C13H14N4O4S2/c14-11(18)5-6-12(19)16-9-1-3-10(4-2-9)23(20,21)17-13-15-7-8-22-13/h1-4,7-8H,5-6H2,(H2,14,18)(H,15,17)(H,16,19). The largest absolute Gasteiger partial charge is 0.370 e. The van der Waals surface area contributed by atoms with Crippen LogP contribution in [0.2, 0.25) is 0 Å². The zero-order valence-corrected chi connectivity index (χ0v) is 13.5. The van der Waals surface area contributed by atoms with Crippen molar-refractivity contribution in [2.24, 2.45) is 5.73 Å². The predicted octanol–water partition coefficient (Wildman–Crippen LogP) is 1.15. The number of rotatable bonds is 7. The molecule has 1 aromatic carbocycles. The number of hydrogen-bond acceptors (Lipinski definition) is 6. The highest BCUT2D eigenvalue weighted by atomic mass is 32.2. The van der Waals surface area contributed by atoms with Crippen LogP contribution in [0, 0.1) is 0 Å². The molecule has 0 aliphatic heterocycles. The first-order chi connectivity index (χ1) is 10.9. The van der Waals surface area contributed by atoms with Gasteiger partial charge in [-0.3, -0.25) is 14.3 Å². The third-order valence-corrected chi connectivity index (χ3v) is 4.87. The molecule has 0 aliphatic carbocycles. The third-order valence-electron chi connectivity index (χ3n) is 2.70. The Morgan fingerprint density at radius 2 is 1.87 bits per heavy atom. The van der Waals surface area contributed by atoms with Crippen LogP contribution in [-0.4, -0.2) is 25.2 Å². The summed E-state index contributed by atoms with van der Waals surface area (Å²) in [6.45, 7) is 0. The van der Waals surface area contributed by atoms with Crippen LogP contribution in [-0.2, 0) is 19.6 Å². The summed E-state index contributed by atoms with van der Waals surface area (Å²) in [7, 11) is -3.73. The molecule has 10 heteroatoms. The number of sulfonamides is 1. The van der Waals surface area contributed by atoms with E-state index in [-0.39, 0.29) is 28.8 Å². The molecule has 0 spiro atoms. The summed E-state index contributed by atoms with van der Waals surface area (Å²) in [4.78, 5) is 26.1. The van der Waals surface area contributed by atoms with Crippen molar-refractivity contribution in [2.75, 3.05) is 10.0 Å². The van der Waals surface area contributed by atoms with Crippen molar-refractivity contribution in [3.05, 3.63) is 35.8 Å². The summed E-state index contributed by atoms with van der Waals surface area (Å²) in [5.41, 5.74) is 5.38. The molecule has 0 unspecified atom stereocenters. The molecule has 2 aromatic rings. The summed E-state index contributed by atoms with van der Waals surface area (Å²) in [6, 6.07) is 5.64. The topological polar surface area (TPSA) is 131 Å². The van der Waals surface area contributed by atoms with E-state index in [4.69, 9.17) is 5.73 Å². The van der Waals surface area contributed by atoms with Crippen LogP contribution < -0.4 is 15.8 Å². The van der Waals surface area contributed by atoms with Gasteiger partial charge in [-0.05, 0) is 24.3 Å². The minimum absolute atomic E-state index is 0.0268. The van der Waals surface area contributed by atoms with Crippen molar-refractivity contribution in [1.29, 1.82) is 0 Å². The third kappa shape index (κ3) is 5.04. The molecule has 0 fully saturated rings. The Kier molecular flexibility index (Phi) is 5.29. The first-order valence-electron chi connectivity index (χ1n) is 6.47. The molecular formula is C13H14N4O4S2. The molecule has 23 heavy (non-hydrogen) atoms. The molecular weight excluding hydrogens is 340 g/mol. The maximum absolute atomic E-state index is 12.1. The van der Waals surface area contributed by atoms with Gasteiger partial charge in [0, 0.05) is 30.1 Å². The lowest BCUT2D eigenvalue weighted by molar-refractivity contribution is -0.122. The summed E-state index contributed by atoms with van der Waals surface area (Å²) in [5.74, 6) is -0.935. The van der Waals surface area contributed by atoms with Crippen LogP contribution >= 0.6 is 11.3 Å². The first kappa shape index (κ1) is 16.9. The zero-order valence-electron chi connectivity index (χ0n) is 11.9. The fraction of sp³-hybridized carbons (Fsp3) is 0.154. The molecule has 2 amide bonds. The summed E-state index contributed by atoms with van der Waals surface area (Å²) >= 11 is 1.17. The average Bonchev–Trinajstić information content (AvgIpc) is 2.98. The van der Waals surface area contributed by atoms with Crippen molar-refractivity contribution >= 4 is 44.0 Å². The number of hydrogen-bond donors (Lipinski definition) is 3. The summed E-state index contributed by atoms with van der Waals surface area (Å²) in [6.07, 6.45) is 1.42. The lowest BCUT2D eigenvalue weighted by Crippen LogP contribution is -2.17. The zero-order chi connectivity index (χ0) is 16.9. The Hall–Kier alpha value is -2.46. The van der Waals surface area contributed by atoms with E-state index in [2.05, 4.69) is 15.0 Å². The quantitative estimate of drug-likeness (QED) is 0.686. The number of anilines is 2. The second kappa shape index (κ2) is 7.20. The van der Waals surface area contributed by atoms with Crippen LogP contribution in [0.25, 0.3) is 0 Å². The number of benzene rings is 1. The molecule has 4 N–H and O–H groups in total. The number of nitrogens with zero attached hydrogens (tertiary/aromatic N) is 1. The second-order valence-electron chi connectivity index (χ2n) is 4.48. The molecule has 2 rings (SSSR count). The van der Waals surface area contributed by atoms with Gasteiger partial charge in [-0.25, -0.2) is 13.4 Å². The van der Waals surface area contributed by atoms with E-state index in [1.54, 1.807) is 5.38 Å². The number of aromatic nitrogens is 1. The van der Waals surface area contributed by atoms with E-state index in [0.717, 1.165) is 0 Å². The van der Waals surface area contributed by atoms with E-state index in [0.29, 0.717) is 5.69 Å². The van der Waals surface area contributed by atoms with Crippen LogP contribution in [0.3, 0.4) is 0 Å². The number of carbonyl (C=O) groups excluding carboxylic acids is 2. The van der Waals surface area contributed by atoms with Crippen LogP contribution in [0.1, 0.15) is 12.8 Å². The van der Waals surface area contributed by atoms with E-state index >= 15 is 0 Å². The van der Waals surface area contributed by atoms with E-state index in [1.807, 2.05) is 0 Å². The van der Waals surface area contributed by atoms with Gasteiger partial charge in [0.25, 0.3) is 10.0 Å². The van der Waals surface area contributed by atoms with E-state index in [9.17, 15) is 18.0 Å². The van der Waals surface area contributed by atoms with Gasteiger partial charge < -0.3 is 11.1 Å². The number of carbonyl (C=O) groups is 2. The Morgan fingerprint density at radius 3 is 2.43 bits per heavy atom. The molecule has 8 nitrogen and oxygen atoms in total. The minimum atomic E-state index is -3.73. The van der Waals surface area contributed by atoms with Crippen LogP contribution in [0.5, 0.6) is 0 Å². The van der Waals surface area contributed by atoms with Crippen LogP contribution in [0.4, 0.5) is 10.8 Å². The van der Waals surface area contributed by atoms with Gasteiger partial charge in [0.1, 0.15) is 0 Å². The van der Waals surface area contributed by atoms with E-state index < -0.39 is 15.9 Å². The fourth-order valence-corrected chi connectivity index (χ4v) is 3.41. The molecule has 0 aliphatic rings. The Labute approximate surface area is 136 Å². The molecule has 0 saturated heterocycles. The lowest BCUT2D eigenvalue weighted by Gasteiger charge is -2.07.